The Labute approximate surface area is 171 Å². The minimum absolute atomic E-state index is 0.0735. The van der Waals surface area contributed by atoms with Gasteiger partial charge in [0.2, 0.25) is 10.0 Å². The van der Waals surface area contributed by atoms with Crippen LogP contribution in [0.1, 0.15) is 25.7 Å². The van der Waals surface area contributed by atoms with E-state index >= 15 is 4.39 Å². The van der Waals surface area contributed by atoms with Crippen molar-refractivity contribution in [3.05, 3.63) is 52.6 Å². The Morgan fingerprint density at radius 3 is 2.23 bits per heavy atom. The van der Waals surface area contributed by atoms with E-state index in [1.165, 1.54) is 0 Å². The van der Waals surface area contributed by atoms with Crippen molar-refractivity contribution < 1.29 is 31.9 Å². The molecule has 0 amide bonds. The van der Waals surface area contributed by atoms with Crippen LogP contribution in [0.5, 0.6) is 17.2 Å². The molecule has 1 heterocycles. The number of benzene rings is 2. The lowest BCUT2D eigenvalue weighted by Crippen LogP contribution is -2.48. The van der Waals surface area contributed by atoms with Gasteiger partial charge in [0.15, 0.2) is 17.2 Å². The van der Waals surface area contributed by atoms with E-state index in [2.05, 4.69) is 0 Å². The summed E-state index contributed by atoms with van der Waals surface area (Å²) >= 11 is 0. The summed E-state index contributed by atoms with van der Waals surface area (Å²) in [6, 6.07) is 10.2. The monoisotopic (exact) mass is 438 g/mol. The van der Waals surface area contributed by atoms with Gasteiger partial charge >= 0.3 is 5.69 Å². The molecule has 1 spiro atoms. The summed E-state index contributed by atoms with van der Waals surface area (Å²) in [5.74, 6) is 0.0874. The Bertz CT molecular complexity index is 1070. The van der Waals surface area contributed by atoms with E-state index in [-0.39, 0.29) is 31.4 Å². The fourth-order valence-electron chi connectivity index (χ4n) is 3.61. The third kappa shape index (κ3) is 3.90. The summed E-state index contributed by atoms with van der Waals surface area (Å²) in [5.41, 5.74) is -2.34. The molecule has 1 aliphatic carbocycles. The van der Waals surface area contributed by atoms with Crippen LogP contribution in [0.3, 0.4) is 0 Å². The maximum atomic E-state index is 15.3. The van der Waals surface area contributed by atoms with Gasteiger partial charge in [-0.25, -0.2) is 17.9 Å². The van der Waals surface area contributed by atoms with Gasteiger partial charge in [-0.3, -0.25) is 10.1 Å². The van der Waals surface area contributed by atoms with Crippen LogP contribution in [0, 0.1) is 10.1 Å². The first-order valence-corrected chi connectivity index (χ1v) is 10.7. The number of nitrogens with two attached hydrogens (primary N) is 1. The predicted molar refractivity (Wildman–Crippen MR) is 103 cm³/mol. The number of primary sulfonamides is 1. The number of halogens is 1. The van der Waals surface area contributed by atoms with E-state index in [1.54, 1.807) is 12.1 Å². The van der Waals surface area contributed by atoms with Crippen LogP contribution >= 0.6 is 0 Å². The Morgan fingerprint density at radius 1 is 1.10 bits per heavy atom. The lowest BCUT2D eigenvalue weighted by Gasteiger charge is -2.38. The summed E-state index contributed by atoms with van der Waals surface area (Å²) < 4.78 is 55.3. The highest BCUT2D eigenvalue weighted by Gasteiger charge is 2.50. The zero-order valence-electron chi connectivity index (χ0n) is 15.7. The van der Waals surface area contributed by atoms with Crippen LogP contribution in [0.2, 0.25) is 0 Å². The van der Waals surface area contributed by atoms with Crippen LogP contribution < -0.4 is 19.3 Å². The number of sulfonamides is 1. The minimum Gasteiger partial charge on any atom is -0.483 e. The summed E-state index contributed by atoms with van der Waals surface area (Å²) in [4.78, 5) is 10.0. The van der Waals surface area contributed by atoms with E-state index in [1.807, 2.05) is 12.1 Å². The lowest BCUT2D eigenvalue weighted by atomic mass is 9.83. The highest BCUT2D eigenvalue weighted by Crippen LogP contribution is 2.48. The van der Waals surface area contributed by atoms with Gasteiger partial charge in [0.1, 0.15) is 12.3 Å². The number of hydrogen-bond donors (Lipinski definition) is 1. The topological polar surface area (TPSA) is 131 Å². The van der Waals surface area contributed by atoms with Crippen LogP contribution in [0.15, 0.2) is 47.4 Å². The molecule has 0 bridgehead atoms. The van der Waals surface area contributed by atoms with Crippen LogP contribution in [-0.2, 0) is 10.0 Å². The molecule has 0 unspecified atom stereocenters. The zero-order valence-corrected chi connectivity index (χ0v) is 16.6. The molecule has 2 aliphatic rings. The van der Waals surface area contributed by atoms with Gasteiger partial charge in [-0.15, -0.1) is 0 Å². The number of ether oxygens (including phenoxy) is 3. The number of rotatable bonds is 5. The molecule has 9 nitrogen and oxygen atoms in total. The normalized spacial score (nSPS) is 18.9. The van der Waals surface area contributed by atoms with Crippen LogP contribution in [0.25, 0.3) is 0 Å². The van der Waals surface area contributed by atoms with Gasteiger partial charge < -0.3 is 14.2 Å². The Morgan fingerprint density at radius 2 is 1.70 bits per heavy atom. The molecule has 0 atom stereocenters. The molecule has 0 saturated heterocycles. The molecular formula is C19H19FN2O7S. The van der Waals surface area contributed by atoms with Gasteiger partial charge in [-0.2, -0.15) is 0 Å². The molecule has 2 aromatic carbocycles. The van der Waals surface area contributed by atoms with Gasteiger partial charge in [0.05, 0.1) is 9.82 Å². The number of nitro groups is 1. The van der Waals surface area contributed by atoms with Gasteiger partial charge in [0.25, 0.3) is 5.79 Å². The number of hydrogen-bond acceptors (Lipinski definition) is 7. The highest BCUT2D eigenvalue weighted by molar-refractivity contribution is 7.89. The van der Waals surface area contributed by atoms with Crippen molar-refractivity contribution in [1.29, 1.82) is 0 Å². The molecule has 11 heteroatoms. The van der Waals surface area contributed by atoms with E-state index in [9.17, 15) is 18.5 Å². The van der Waals surface area contributed by atoms with Crippen molar-refractivity contribution in [1.82, 2.24) is 0 Å². The molecule has 1 saturated carbocycles. The molecule has 30 heavy (non-hydrogen) atoms. The number of nitro benzene ring substituents is 1. The summed E-state index contributed by atoms with van der Waals surface area (Å²) in [7, 11) is -4.12. The maximum Gasteiger partial charge on any atom is 0.312 e. The number of nitrogens with zero attached hydrogens (tertiary/aromatic N) is 1. The van der Waals surface area contributed by atoms with Crippen molar-refractivity contribution >= 4 is 15.7 Å². The number of alkyl halides is 1. The van der Waals surface area contributed by atoms with Crippen LogP contribution in [-0.4, -0.2) is 31.4 Å². The van der Waals surface area contributed by atoms with Crippen molar-refractivity contribution in [3.8, 4) is 17.2 Å². The van der Waals surface area contributed by atoms with Crippen molar-refractivity contribution in [3.63, 3.8) is 0 Å². The second-order valence-corrected chi connectivity index (χ2v) is 8.99. The first-order chi connectivity index (χ1) is 14.1. The van der Waals surface area contributed by atoms with Crippen molar-refractivity contribution in [2.24, 2.45) is 5.14 Å². The number of fused-ring (bicyclic) bond motifs is 1. The maximum absolute atomic E-state index is 15.3. The average Bonchev–Trinajstić information content (AvgIpc) is 3.06. The van der Waals surface area contributed by atoms with E-state index in [4.69, 9.17) is 19.3 Å². The molecule has 1 fully saturated rings. The van der Waals surface area contributed by atoms with E-state index < -0.39 is 43.6 Å². The molecule has 1 aliphatic heterocycles. The molecule has 4 rings (SSSR count). The quantitative estimate of drug-likeness (QED) is 0.561. The van der Waals surface area contributed by atoms with Gasteiger partial charge in [-0.05, 0) is 37.1 Å². The van der Waals surface area contributed by atoms with Crippen molar-refractivity contribution in [2.75, 3.05) is 6.61 Å². The zero-order chi connectivity index (χ0) is 21.6. The lowest BCUT2D eigenvalue weighted by molar-refractivity contribution is -0.386. The first-order valence-electron chi connectivity index (χ1n) is 9.19. The second-order valence-electron chi connectivity index (χ2n) is 7.43. The molecular weight excluding hydrogens is 419 g/mol. The van der Waals surface area contributed by atoms with Crippen LogP contribution in [0.4, 0.5) is 10.1 Å². The number of para-hydroxylation sites is 2. The fourth-order valence-corrected chi connectivity index (χ4v) is 4.15. The smallest absolute Gasteiger partial charge is 0.312 e. The molecule has 0 aromatic heterocycles. The Hall–Kier alpha value is -2.92. The minimum atomic E-state index is -4.12. The fraction of sp³-hybridized carbons (Fsp3) is 0.368. The SMILES string of the molecule is NS(=O)(=O)c1ccc(OCC2(F)CCC3(CC2)Oc2ccccc2O3)c([N+](=O)[O-])c1. The average molecular weight is 438 g/mol. The third-order valence-electron chi connectivity index (χ3n) is 5.29. The predicted octanol–water partition coefficient (Wildman–Crippen LogP) is 3.07. The summed E-state index contributed by atoms with van der Waals surface area (Å²) in [5, 5.41) is 16.3. The Kier molecular flexibility index (Phi) is 4.82. The van der Waals surface area contributed by atoms with E-state index in [0.29, 0.717) is 11.5 Å². The molecule has 160 valence electrons. The second kappa shape index (κ2) is 7.10. The highest BCUT2D eigenvalue weighted by atomic mass is 32.2. The largest absolute Gasteiger partial charge is 0.483 e. The summed E-state index contributed by atoms with van der Waals surface area (Å²) in [6.07, 6.45) is 0.718. The Balaban J connectivity index is 1.43. The first kappa shape index (κ1) is 20.4. The van der Waals surface area contributed by atoms with E-state index in [0.717, 1.165) is 18.2 Å². The van der Waals surface area contributed by atoms with Gasteiger partial charge in [-0.1, -0.05) is 12.1 Å². The third-order valence-corrected chi connectivity index (χ3v) is 6.20. The standard InChI is InChI=1S/C19H19FN2O7S/c20-18(7-9-19(10-8-18)28-16-3-1-2-4-17(16)29-19)12-27-15-6-5-13(30(21,25)26)11-14(15)22(23)24/h1-6,11H,7-10,12H2,(H2,21,25,26). The summed E-state index contributed by atoms with van der Waals surface area (Å²) in [6.45, 7) is -0.425. The van der Waals surface area contributed by atoms with Gasteiger partial charge in [0, 0.05) is 18.9 Å². The molecule has 2 aromatic rings. The molecule has 0 radical (unpaired) electrons. The molecule has 2 N–H and O–H groups in total. The van der Waals surface area contributed by atoms with Crippen molar-refractivity contribution in [2.45, 2.75) is 42.0 Å².